The zero-order valence-electron chi connectivity index (χ0n) is 22.7. The van der Waals surface area contributed by atoms with Crippen molar-refractivity contribution in [2.24, 2.45) is 0 Å². The molecule has 1 aromatic heterocycles. The lowest BCUT2D eigenvalue weighted by molar-refractivity contribution is -0.114. The van der Waals surface area contributed by atoms with E-state index >= 15 is 0 Å². The summed E-state index contributed by atoms with van der Waals surface area (Å²) in [6, 6.07) is 24.7. The Hall–Kier alpha value is -3.70. The Balaban J connectivity index is 1.49. The van der Waals surface area contributed by atoms with Gasteiger partial charge in [-0.25, -0.2) is 4.98 Å². The highest BCUT2D eigenvalue weighted by molar-refractivity contribution is 8.05. The smallest absolute Gasteiger partial charge is 0.326 e. The minimum Gasteiger partial charge on any atom is -0.326 e. The summed E-state index contributed by atoms with van der Waals surface area (Å²) in [7, 11) is -4.33. The highest BCUT2D eigenvalue weighted by atomic mass is 32.2. The van der Waals surface area contributed by atoms with Crippen LogP contribution in [0.25, 0.3) is 16.1 Å². The Bertz CT molecular complexity index is 1630. The predicted octanol–water partition coefficient (Wildman–Crippen LogP) is 8.01. The Morgan fingerprint density at radius 3 is 2.32 bits per heavy atom. The lowest BCUT2D eigenvalue weighted by Crippen LogP contribution is -2.10. The van der Waals surface area contributed by atoms with Gasteiger partial charge in [-0.3, -0.25) is 14.1 Å². The van der Waals surface area contributed by atoms with Gasteiger partial charge >= 0.3 is 10.3 Å². The number of hydrogen-bond acceptors (Lipinski definition) is 6. The predicted molar refractivity (Wildman–Crippen MR) is 171 cm³/mol. The molecule has 0 aliphatic carbocycles. The van der Waals surface area contributed by atoms with E-state index in [4.69, 9.17) is 9.54 Å². The number of hydrogen-bond donors (Lipinski definition) is 3. The third kappa shape index (κ3) is 9.43. The number of carbonyl (C=O) groups is 1. The molecule has 1 amide bonds. The van der Waals surface area contributed by atoms with E-state index in [1.54, 1.807) is 35.2 Å². The maximum Gasteiger partial charge on any atom is 0.357 e. The SMILES string of the molecule is C=C(CC(Cc1ccc(NS(=O)(=O)O)cc1)c1csc(-c2ccccc2)n1)S/C=C(\C)c1ccc(NC(C)=O)cc1. The number of amides is 1. The standard InChI is InChI=1S/C31H31N3O4S3/c1-21(25-11-15-28(16-12-25)32-23(3)35)19-39-22(2)17-27(18-24-9-13-29(14-10-24)34-41(36,37)38)30-20-40-31(33-30)26-7-5-4-6-8-26/h4-16,19-20,27,34H,2,17-18H2,1,3H3,(H,32,35)(H,36,37,38)/b21-19+. The third-order valence-corrected chi connectivity index (χ3v) is 8.56. The number of thiazole rings is 1. The van der Waals surface area contributed by atoms with Crippen LogP contribution in [-0.4, -0.2) is 23.9 Å². The van der Waals surface area contributed by atoms with Gasteiger partial charge in [0.2, 0.25) is 5.91 Å². The first-order valence-electron chi connectivity index (χ1n) is 12.8. The van der Waals surface area contributed by atoms with Gasteiger partial charge in [-0.1, -0.05) is 61.2 Å². The van der Waals surface area contributed by atoms with Crippen LogP contribution in [-0.2, 0) is 21.5 Å². The van der Waals surface area contributed by atoms with Gasteiger partial charge in [0, 0.05) is 29.5 Å². The molecule has 0 saturated carbocycles. The molecule has 0 bridgehead atoms. The van der Waals surface area contributed by atoms with Crippen LogP contribution in [0, 0.1) is 0 Å². The zero-order valence-corrected chi connectivity index (χ0v) is 25.2. The number of aromatic nitrogens is 1. The van der Waals surface area contributed by atoms with Gasteiger partial charge in [0.25, 0.3) is 0 Å². The van der Waals surface area contributed by atoms with Crippen molar-refractivity contribution < 1.29 is 17.8 Å². The van der Waals surface area contributed by atoms with Gasteiger partial charge in [0.1, 0.15) is 5.01 Å². The number of nitrogens with zero attached hydrogens (tertiary/aromatic N) is 1. The number of benzene rings is 3. The largest absolute Gasteiger partial charge is 0.357 e. The van der Waals surface area contributed by atoms with Crippen molar-refractivity contribution in [3.63, 3.8) is 0 Å². The van der Waals surface area contributed by atoms with Crippen molar-refractivity contribution in [3.8, 4) is 10.6 Å². The van der Waals surface area contributed by atoms with Crippen molar-refractivity contribution in [3.05, 3.63) is 118 Å². The average Bonchev–Trinajstić information content (AvgIpc) is 3.43. The fraction of sp³-hybridized carbons (Fsp3) is 0.161. The number of carbonyl (C=O) groups excluding carboxylic acids is 1. The summed E-state index contributed by atoms with van der Waals surface area (Å²) in [6.45, 7) is 7.86. The van der Waals surface area contributed by atoms with E-state index < -0.39 is 10.3 Å². The van der Waals surface area contributed by atoms with Crippen LogP contribution in [0.3, 0.4) is 0 Å². The summed E-state index contributed by atoms with van der Waals surface area (Å²) >= 11 is 3.19. The molecule has 0 aliphatic rings. The van der Waals surface area contributed by atoms with Crippen LogP contribution in [0.1, 0.15) is 43.0 Å². The summed E-state index contributed by atoms with van der Waals surface area (Å²) in [5.41, 5.74) is 6.25. The number of anilines is 2. The maximum atomic E-state index is 11.3. The van der Waals surface area contributed by atoms with Crippen LogP contribution in [0.4, 0.5) is 11.4 Å². The van der Waals surface area contributed by atoms with Gasteiger partial charge < -0.3 is 5.32 Å². The van der Waals surface area contributed by atoms with Crippen LogP contribution in [0.5, 0.6) is 0 Å². The Morgan fingerprint density at radius 1 is 1.02 bits per heavy atom. The average molecular weight is 606 g/mol. The molecule has 212 valence electrons. The fourth-order valence-corrected chi connectivity index (χ4v) is 6.31. The summed E-state index contributed by atoms with van der Waals surface area (Å²) in [4.78, 5) is 17.2. The highest BCUT2D eigenvalue weighted by Gasteiger charge is 2.19. The van der Waals surface area contributed by atoms with Crippen LogP contribution >= 0.6 is 23.1 Å². The van der Waals surface area contributed by atoms with Gasteiger partial charge in [-0.15, -0.1) is 23.1 Å². The van der Waals surface area contributed by atoms with Crippen molar-refractivity contribution in [2.45, 2.75) is 32.6 Å². The van der Waals surface area contributed by atoms with E-state index in [2.05, 4.69) is 27.4 Å². The number of allylic oxidation sites excluding steroid dienone is 2. The molecule has 4 rings (SSSR count). The van der Waals surface area contributed by atoms with Gasteiger partial charge in [0.15, 0.2) is 0 Å². The first-order valence-corrected chi connectivity index (χ1v) is 16.0. The monoisotopic (exact) mass is 605 g/mol. The minimum absolute atomic E-state index is 0.0507. The first-order chi connectivity index (χ1) is 19.6. The van der Waals surface area contributed by atoms with Crippen molar-refractivity contribution in [1.29, 1.82) is 0 Å². The molecular formula is C31H31N3O4S3. The van der Waals surface area contributed by atoms with E-state index in [1.165, 1.54) is 6.92 Å². The molecule has 0 spiro atoms. The van der Waals surface area contributed by atoms with E-state index in [0.717, 1.165) is 43.6 Å². The Kier molecular flexibility index (Phi) is 10.2. The molecule has 0 saturated heterocycles. The first kappa shape index (κ1) is 30.3. The molecule has 4 aromatic rings. The highest BCUT2D eigenvalue weighted by Crippen LogP contribution is 2.36. The molecule has 3 N–H and O–H groups in total. The van der Waals surface area contributed by atoms with Gasteiger partial charge in [0.05, 0.1) is 11.4 Å². The zero-order chi connectivity index (χ0) is 29.4. The normalized spacial score (nSPS) is 12.5. The second-order valence-electron chi connectivity index (χ2n) is 9.54. The van der Waals surface area contributed by atoms with Crippen molar-refractivity contribution >= 4 is 56.3 Å². The lowest BCUT2D eigenvalue weighted by atomic mass is 9.93. The summed E-state index contributed by atoms with van der Waals surface area (Å²) in [6.07, 6.45) is 1.37. The summed E-state index contributed by atoms with van der Waals surface area (Å²) < 4.78 is 33.4. The molecule has 7 nitrogen and oxygen atoms in total. The number of thioether (sulfide) groups is 1. The lowest BCUT2D eigenvalue weighted by Gasteiger charge is -2.16. The van der Waals surface area contributed by atoms with E-state index in [1.807, 2.05) is 73.7 Å². The van der Waals surface area contributed by atoms with E-state index in [0.29, 0.717) is 18.5 Å². The van der Waals surface area contributed by atoms with Gasteiger partial charge in [-0.2, -0.15) is 8.42 Å². The van der Waals surface area contributed by atoms with E-state index in [-0.39, 0.29) is 11.8 Å². The molecule has 1 unspecified atom stereocenters. The number of nitrogens with one attached hydrogen (secondary N) is 2. The minimum atomic E-state index is -4.33. The second kappa shape index (κ2) is 13.8. The molecule has 1 atom stereocenters. The van der Waals surface area contributed by atoms with E-state index in [9.17, 15) is 13.2 Å². The molecule has 41 heavy (non-hydrogen) atoms. The molecule has 0 fully saturated rings. The summed E-state index contributed by atoms with van der Waals surface area (Å²) in [5, 5.41) is 7.91. The van der Waals surface area contributed by atoms with Crippen LogP contribution < -0.4 is 10.0 Å². The molecular weight excluding hydrogens is 575 g/mol. The second-order valence-corrected chi connectivity index (χ2v) is 12.6. The van der Waals surface area contributed by atoms with Crippen molar-refractivity contribution in [1.82, 2.24) is 4.98 Å². The van der Waals surface area contributed by atoms with Crippen LogP contribution in [0.2, 0.25) is 0 Å². The molecule has 10 heteroatoms. The van der Waals surface area contributed by atoms with Crippen LogP contribution in [0.15, 0.2) is 101 Å². The number of rotatable bonds is 12. The topological polar surface area (TPSA) is 108 Å². The fourth-order valence-electron chi connectivity index (χ4n) is 4.19. The molecule has 0 aliphatic heterocycles. The third-order valence-electron chi connectivity index (χ3n) is 6.18. The Morgan fingerprint density at radius 2 is 1.68 bits per heavy atom. The molecule has 0 radical (unpaired) electrons. The summed E-state index contributed by atoms with van der Waals surface area (Å²) in [5.74, 6) is -0.0529. The quantitative estimate of drug-likeness (QED) is 0.141. The molecule has 1 heterocycles. The Labute approximate surface area is 249 Å². The maximum absolute atomic E-state index is 11.3. The van der Waals surface area contributed by atoms with Crippen molar-refractivity contribution in [2.75, 3.05) is 10.0 Å². The van der Waals surface area contributed by atoms with Gasteiger partial charge in [-0.05, 0) is 71.0 Å². The molecule has 3 aromatic carbocycles.